The zero-order valence-corrected chi connectivity index (χ0v) is 12.6. The van der Waals surface area contributed by atoms with E-state index in [-0.39, 0.29) is 5.56 Å². The van der Waals surface area contributed by atoms with Gasteiger partial charge in [-0.15, -0.1) is 0 Å². The number of hydrogen-bond acceptors (Lipinski definition) is 4. The molecule has 1 saturated heterocycles. The maximum absolute atomic E-state index is 10.7. The fourth-order valence-electron chi connectivity index (χ4n) is 2.44. The Hall–Kier alpha value is -1.59. The average molecular weight is 292 g/mol. The second-order valence-corrected chi connectivity index (χ2v) is 5.53. The van der Waals surface area contributed by atoms with Gasteiger partial charge in [-0.1, -0.05) is 0 Å². The van der Waals surface area contributed by atoms with Crippen molar-refractivity contribution in [3.8, 4) is 5.75 Å². The summed E-state index contributed by atoms with van der Waals surface area (Å²) in [5.41, 5.74) is 0.282. The number of likely N-dealkylation sites (tertiary alicyclic amines) is 1. The van der Waals surface area contributed by atoms with E-state index in [0.717, 1.165) is 19.6 Å². The summed E-state index contributed by atoms with van der Waals surface area (Å²) in [4.78, 5) is 15.5. The number of carbonyl (C=O) groups is 1. The molecule has 0 atom stereocenters. The molecule has 1 N–H and O–H groups in total. The number of rotatable bonds is 8. The lowest BCUT2D eigenvalue weighted by molar-refractivity contribution is 0.0697. The molecule has 0 amide bonds. The van der Waals surface area contributed by atoms with Crippen LogP contribution in [0.2, 0.25) is 0 Å². The molecule has 0 spiro atoms. The normalized spacial score (nSPS) is 15.5. The van der Waals surface area contributed by atoms with E-state index in [0.29, 0.717) is 12.4 Å². The monoisotopic (exact) mass is 292 g/mol. The molecule has 1 heterocycles. The van der Waals surface area contributed by atoms with Gasteiger partial charge in [0.25, 0.3) is 0 Å². The van der Waals surface area contributed by atoms with Crippen molar-refractivity contribution >= 4 is 5.97 Å². The molecule has 2 rings (SSSR count). The fourth-order valence-corrected chi connectivity index (χ4v) is 2.44. The average Bonchev–Trinajstić information content (AvgIpc) is 2.99. The Kier molecular flexibility index (Phi) is 6.02. The first kappa shape index (κ1) is 15.8. The maximum atomic E-state index is 10.7. The lowest BCUT2D eigenvalue weighted by Gasteiger charge is -2.21. The van der Waals surface area contributed by atoms with Crippen molar-refractivity contribution in [2.45, 2.75) is 12.8 Å². The van der Waals surface area contributed by atoms with Gasteiger partial charge in [0.1, 0.15) is 12.4 Å². The minimum atomic E-state index is -0.914. The van der Waals surface area contributed by atoms with Gasteiger partial charge in [-0.3, -0.25) is 0 Å². The van der Waals surface area contributed by atoms with Crippen LogP contribution in [0.1, 0.15) is 23.2 Å². The van der Waals surface area contributed by atoms with Crippen LogP contribution in [0, 0.1) is 0 Å². The number of aromatic carboxylic acids is 1. The van der Waals surface area contributed by atoms with Gasteiger partial charge in [-0.2, -0.15) is 0 Å². The quantitative estimate of drug-likeness (QED) is 0.791. The van der Waals surface area contributed by atoms with Gasteiger partial charge in [-0.25, -0.2) is 4.79 Å². The van der Waals surface area contributed by atoms with Crippen LogP contribution in [0.4, 0.5) is 0 Å². The van der Waals surface area contributed by atoms with Gasteiger partial charge >= 0.3 is 5.97 Å². The molecule has 1 aromatic carbocycles. The number of ether oxygens (including phenoxy) is 1. The zero-order valence-electron chi connectivity index (χ0n) is 12.6. The highest BCUT2D eigenvalue weighted by Gasteiger charge is 2.11. The van der Waals surface area contributed by atoms with E-state index in [1.165, 1.54) is 25.9 Å². The van der Waals surface area contributed by atoms with Gasteiger partial charge in [0.15, 0.2) is 0 Å². The summed E-state index contributed by atoms with van der Waals surface area (Å²) in [6.45, 7) is 6.14. The Morgan fingerprint density at radius 2 is 1.90 bits per heavy atom. The number of carboxylic acids is 1. The van der Waals surface area contributed by atoms with Crippen molar-refractivity contribution in [1.82, 2.24) is 9.80 Å². The maximum Gasteiger partial charge on any atom is 0.335 e. The van der Waals surface area contributed by atoms with Gasteiger partial charge in [-0.05, 0) is 57.2 Å². The number of benzene rings is 1. The second kappa shape index (κ2) is 8.00. The SMILES string of the molecule is CN(CCOc1ccc(C(=O)O)cc1)CCN1CCCC1. The molecular formula is C16H24N2O3. The molecule has 0 saturated carbocycles. The van der Waals surface area contributed by atoms with E-state index in [1.54, 1.807) is 24.3 Å². The van der Waals surface area contributed by atoms with Crippen molar-refractivity contribution in [3.05, 3.63) is 29.8 Å². The van der Waals surface area contributed by atoms with E-state index in [1.807, 2.05) is 0 Å². The highest BCUT2D eigenvalue weighted by Crippen LogP contribution is 2.12. The molecule has 0 unspecified atom stereocenters. The van der Waals surface area contributed by atoms with Crippen LogP contribution in [-0.2, 0) is 0 Å². The third-order valence-corrected chi connectivity index (χ3v) is 3.84. The van der Waals surface area contributed by atoms with Gasteiger partial charge in [0.2, 0.25) is 0 Å². The number of hydrogen-bond donors (Lipinski definition) is 1. The molecule has 116 valence electrons. The van der Waals surface area contributed by atoms with Crippen LogP contribution < -0.4 is 4.74 Å². The third kappa shape index (κ3) is 5.36. The molecule has 1 aromatic rings. The molecule has 0 aliphatic carbocycles. The van der Waals surface area contributed by atoms with Crippen LogP contribution in [0.15, 0.2) is 24.3 Å². The second-order valence-electron chi connectivity index (χ2n) is 5.53. The highest BCUT2D eigenvalue weighted by molar-refractivity contribution is 5.87. The first-order chi connectivity index (χ1) is 10.1. The van der Waals surface area contributed by atoms with Crippen LogP contribution >= 0.6 is 0 Å². The minimum absolute atomic E-state index is 0.282. The Balaban J connectivity index is 1.62. The summed E-state index contributed by atoms with van der Waals surface area (Å²) in [6, 6.07) is 6.53. The Labute approximate surface area is 126 Å². The standard InChI is InChI=1S/C16H24N2O3/c1-17(10-11-18-8-2-3-9-18)12-13-21-15-6-4-14(5-7-15)16(19)20/h4-7H,2-3,8-13H2,1H3,(H,19,20). The lowest BCUT2D eigenvalue weighted by atomic mass is 10.2. The molecule has 1 fully saturated rings. The van der Waals surface area contributed by atoms with Crippen molar-refractivity contribution < 1.29 is 14.6 Å². The molecule has 5 nitrogen and oxygen atoms in total. The molecule has 0 aromatic heterocycles. The van der Waals surface area contributed by atoms with E-state index in [4.69, 9.17) is 9.84 Å². The Morgan fingerprint density at radius 1 is 1.24 bits per heavy atom. The molecule has 5 heteroatoms. The summed E-state index contributed by atoms with van der Waals surface area (Å²) in [7, 11) is 2.10. The van der Waals surface area contributed by atoms with E-state index < -0.39 is 5.97 Å². The number of likely N-dealkylation sites (N-methyl/N-ethyl adjacent to an activating group) is 1. The van der Waals surface area contributed by atoms with Crippen LogP contribution in [0.25, 0.3) is 0 Å². The molecule has 0 radical (unpaired) electrons. The minimum Gasteiger partial charge on any atom is -0.492 e. The number of nitrogens with zero attached hydrogens (tertiary/aromatic N) is 2. The van der Waals surface area contributed by atoms with Crippen molar-refractivity contribution in [3.63, 3.8) is 0 Å². The third-order valence-electron chi connectivity index (χ3n) is 3.84. The molecule has 1 aliphatic rings. The van der Waals surface area contributed by atoms with Crippen molar-refractivity contribution in [2.24, 2.45) is 0 Å². The van der Waals surface area contributed by atoms with Crippen molar-refractivity contribution in [2.75, 3.05) is 46.4 Å². The number of carboxylic acid groups (broad SMARTS) is 1. The summed E-state index contributed by atoms with van der Waals surface area (Å²) >= 11 is 0. The van der Waals surface area contributed by atoms with Gasteiger partial charge in [0, 0.05) is 19.6 Å². The van der Waals surface area contributed by atoms with E-state index in [9.17, 15) is 4.79 Å². The molecular weight excluding hydrogens is 268 g/mol. The smallest absolute Gasteiger partial charge is 0.335 e. The van der Waals surface area contributed by atoms with Crippen molar-refractivity contribution in [1.29, 1.82) is 0 Å². The lowest BCUT2D eigenvalue weighted by Crippen LogP contribution is -2.33. The van der Waals surface area contributed by atoms with Crippen LogP contribution in [0.5, 0.6) is 5.75 Å². The highest BCUT2D eigenvalue weighted by atomic mass is 16.5. The molecule has 1 aliphatic heterocycles. The first-order valence-corrected chi connectivity index (χ1v) is 7.52. The Bertz CT molecular complexity index is 441. The zero-order chi connectivity index (χ0) is 15.1. The van der Waals surface area contributed by atoms with E-state index >= 15 is 0 Å². The van der Waals surface area contributed by atoms with Gasteiger partial charge < -0.3 is 19.6 Å². The Morgan fingerprint density at radius 3 is 2.52 bits per heavy atom. The molecule has 21 heavy (non-hydrogen) atoms. The van der Waals surface area contributed by atoms with E-state index in [2.05, 4.69) is 16.8 Å². The summed E-state index contributed by atoms with van der Waals surface area (Å²) < 4.78 is 5.63. The summed E-state index contributed by atoms with van der Waals surface area (Å²) in [5.74, 6) is -0.198. The summed E-state index contributed by atoms with van der Waals surface area (Å²) in [6.07, 6.45) is 2.67. The summed E-state index contributed by atoms with van der Waals surface area (Å²) in [5, 5.41) is 8.82. The first-order valence-electron chi connectivity index (χ1n) is 7.52. The van der Waals surface area contributed by atoms with Crippen LogP contribution in [0.3, 0.4) is 0 Å². The largest absolute Gasteiger partial charge is 0.492 e. The fraction of sp³-hybridized carbons (Fsp3) is 0.562. The molecule has 0 bridgehead atoms. The predicted molar refractivity (Wildman–Crippen MR) is 82.1 cm³/mol. The van der Waals surface area contributed by atoms with Crippen LogP contribution in [-0.4, -0.2) is 67.3 Å². The topological polar surface area (TPSA) is 53.0 Å². The predicted octanol–water partition coefficient (Wildman–Crippen LogP) is 1.79. The van der Waals surface area contributed by atoms with Gasteiger partial charge in [0.05, 0.1) is 5.56 Å².